The number of ether oxygens (including phenoxy) is 1. The fraction of sp³-hybridized carbons (Fsp3) is 0.600. The minimum absolute atomic E-state index is 0.0178. The molecular formula is C25H33NO7S. The van der Waals surface area contributed by atoms with E-state index >= 15 is 0 Å². The topological polar surface area (TPSA) is 119 Å². The first-order chi connectivity index (χ1) is 15.8. The maximum Gasteiger partial charge on any atom is 0.339 e. The molecular weight excluding hydrogens is 458 g/mol. The van der Waals surface area contributed by atoms with Gasteiger partial charge in [0.25, 0.3) is 10.1 Å². The Labute approximate surface area is 200 Å². The zero-order chi connectivity index (χ0) is 24.9. The van der Waals surface area contributed by atoms with Crippen molar-refractivity contribution in [1.82, 2.24) is 5.32 Å². The van der Waals surface area contributed by atoms with Crippen LogP contribution in [0.3, 0.4) is 0 Å². The highest BCUT2D eigenvalue weighted by molar-refractivity contribution is 7.86. The fourth-order valence-corrected chi connectivity index (χ4v) is 6.27. The highest BCUT2D eigenvalue weighted by Crippen LogP contribution is 2.53. The number of esters is 1. The minimum Gasteiger partial charge on any atom is -0.453 e. The van der Waals surface area contributed by atoms with Crippen molar-refractivity contribution in [2.24, 2.45) is 11.8 Å². The SMILES string of the molecule is CC(C)(C)c1ccc(S(=O)(=O)OCC[C@H]2C(=O)N[C@@]3([C@@H](O)[C@@H]4C=CCCC4)C(=O)O[C@@]23C)cc1. The van der Waals surface area contributed by atoms with E-state index in [1.54, 1.807) is 19.1 Å². The van der Waals surface area contributed by atoms with Crippen molar-refractivity contribution in [1.29, 1.82) is 0 Å². The summed E-state index contributed by atoms with van der Waals surface area (Å²) in [5.74, 6) is -2.23. The summed E-state index contributed by atoms with van der Waals surface area (Å²) in [6.07, 6.45) is 5.25. The zero-order valence-electron chi connectivity index (χ0n) is 20.0. The summed E-state index contributed by atoms with van der Waals surface area (Å²) >= 11 is 0. The van der Waals surface area contributed by atoms with Gasteiger partial charge in [-0.15, -0.1) is 0 Å². The molecule has 9 heteroatoms. The zero-order valence-corrected chi connectivity index (χ0v) is 20.9. The third kappa shape index (κ3) is 3.87. The second kappa shape index (κ2) is 8.46. The van der Waals surface area contributed by atoms with E-state index in [0.717, 1.165) is 18.4 Å². The van der Waals surface area contributed by atoms with Gasteiger partial charge in [-0.25, -0.2) is 4.79 Å². The van der Waals surface area contributed by atoms with Gasteiger partial charge < -0.3 is 15.2 Å². The molecule has 1 amide bonds. The summed E-state index contributed by atoms with van der Waals surface area (Å²) in [5, 5.41) is 13.8. The van der Waals surface area contributed by atoms with Gasteiger partial charge in [0.05, 0.1) is 23.5 Å². The van der Waals surface area contributed by atoms with Gasteiger partial charge in [0.2, 0.25) is 11.4 Å². The Hall–Kier alpha value is -2.23. The van der Waals surface area contributed by atoms with Gasteiger partial charge in [-0.05, 0) is 55.7 Å². The van der Waals surface area contributed by atoms with Gasteiger partial charge in [-0.3, -0.25) is 8.98 Å². The molecule has 1 aliphatic carbocycles. The number of aliphatic hydroxyl groups is 1. The van der Waals surface area contributed by atoms with Gasteiger partial charge >= 0.3 is 5.97 Å². The minimum atomic E-state index is -4.02. The van der Waals surface area contributed by atoms with Gasteiger partial charge in [0.1, 0.15) is 0 Å². The largest absolute Gasteiger partial charge is 0.453 e. The lowest BCUT2D eigenvalue weighted by Crippen LogP contribution is -2.80. The molecule has 0 radical (unpaired) electrons. The van der Waals surface area contributed by atoms with E-state index in [-0.39, 0.29) is 29.3 Å². The summed E-state index contributed by atoms with van der Waals surface area (Å²) in [6, 6.07) is 6.52. The Kier molecular flexibility index (Phi) is 6.19. The molecule has 0 unspecified atom stereocenters. The second-order valence-corrected chi connectivity index (χ2v) is 12.3. The molecule has 2 aliphatic heterocycles. The van der Waals surface area contributed by atoms with Crippen LogP contribution in [0, 0.1) is 11.8 Å². The second-order valence-electron chi connectivity index (χ2n) is 10.7. The van der Waals surface area contributed by atoms with Gasteiger partial charge in [0, 0.05) is 5.92 Å². The first-order valence-corrected chi connectivity index (χ1v) is 13.1. The average Bonchev–Trinajstić information content (AvgIpc) is 2.96. The average molecular weight is 492 g/mol. The molecule has 1 aromatic carbocycles. The van der Waals surface area contributed by atoms with Crippen molar-refractivity contribution in [3.63, 3.8) is 0 Å². The number of fused-ring (bicyclic) bond motifs is 1. The van der Waals surface area contributed by atoms with Crippen LogP contribution in [-0.4, -0.2) is 49.3 Å². The standard InChI is InChI=1S/C25H33NO7S/c1-23(2,3)17-10-12-18(13-11-17)34(30,31)32-15-14-19-21(28)26-25(22(29)33-24(19,25)4)20(27)16-8-6-5-7-9-16/h6,8,10-13,16,19-20,27H,5,7,9,14-15H2,1-4H3,(H,26,28)/t16-,19+,20+,24+,25+/m1/s1. The van der Waals surface area contributed by atoms with Crippen molar-refractivity contribution in [2.45, 2.75) is 80.9 Å². The molecule has 2 fully saturated rings. The Morgan fingerprint density at radius 2 is 1.91 bits per heavy atom. The van der Waals surface area contributed by atoms with Crippen LogP contribution < -0.4 is 5.32 Å². The summed E-state index contributed by atoms with van der Waals surface area (Å²) < 4.78 is 36.0. The molecule has 2 saturated heterocycles. The van der Waals surface area contributed by atoms with Gasteiger partial charge in [0.15, 0.2) is 5.60 Å². The molecule has 0 aromatic heterocycles. The van der Waals surface area contributed by atoms with Crippen molar-refractivity contribution >= 4 is 22.0 Å². The predicted octanol–water partition coefficient (Wildman–Crippen LogP) is 2.60. The van der Waals surface area contributed by atoms with Gasteiger partial charge in [-0.2, -0.15) is 8.42 Å². The van der Waals surface area contributed by atoms with Crippen LogP contribution in [0.2, 0.25) is 0 Å². The number of benzene rings is 1. The van der Waals surface area contributed by atoms with E-state index in [1.807, 2.05) is 32.9 Å². The van der Waals surface area contributed by atoms with E-state index in [4.69, 9.17) is 8.92 Å². The molecule has 34 heavy (non-hydrogen) atoms. The Balaban J connectivity index is 1.45. The number of hydrogen-bond acceptors (Lipinski definition) is 7. The number of carbonyl (C=O) groups is 2. The maximum absolute atomic E-state index is 12.9. The van der Waals surface area contributed by atoms with Crippen LogP contribution in [0.4, 0.5) is 0 Å². The number of nitrogens with one attached hydrogen (secondary N) is 1. The highest BCUT2D eigenvalue weighted by Gasteiger charge is 2.79. The van der Waals surface area contributed by atoms with E-state index in [2.05, 4.69) is 5.32 Å². The predicted molar refractivity (Wildman–Crippen MR) is 124 cm³/mol. The Morgan fingerprint density at radius 3 is 2.47 bits per heavy atom. The molecule has 1 aromatic rings. The molecule has 2 heterocycles. The summed E-state index contributed by atoms with van der Waals surface area (Å²) in [4.78, 5) is 25.5. The summed E-state index contributed by atoms with van der Waals surface area (Å²) in [6.45, 7) is 7.47. The van der Waals surface area contributed by atoms with Gasteiger partial charge in [-0.1, -0.05) is 45.1 Å². The van der Waals surface area contributed by atoms with Crippen molar-refractivity contribution in [3.8, 4) is 0 Å². The third-order valence-electron chi connectivity index (χ3n) is 7.51. The molecule has 3 aliphatic rings. The fourth-order valence-electron chi connectivity index (χ4n) is 5.35. The quantitative estimate of drug-likeness (QED) is 0.342. The Morgan fingerprint density at radius 1 is 1.24 bits per heavy atom. The van der Waals surface area contributed by atoms with Crippen LogP contribution in [-0.2, 0) is 34.0 Å². The maximum atomic E-state index is 12.9. The molecule has 0 bridgehead atoms. The summed E-state index contributed by atoms with van der Waals surface area (Å²) in [7, 11) is -4.02. The number of amides is 1. The van der Waals surface area contributed by atoms with Crippen LogP contribution in [0.5, 0.6) is 0 Å². The lowest BCUT2D eigenvalue weighted by Gasteiger charge is -2.54. The molecule has 4 rings (SSSR count). The van der Waals surface area contributed by atoms with Crippen molar-refractivity contribution in [3.05, 3.63) is 42.0 Å². The third-order valence-corrected chi connectivity index (χ3v) is 8.83. The number of aliphatic hydroxyl groups excluding tert-OH is 1. The molecule has 0 spiro atoms. The summed E-state index contributed by atoms with van der Waals surface area (Å²) in [5.41, 5.74) is -1.94. The first kappa shape index (κ1) is 24.9. The smallest absolute Gasteiger partial charge is 0.339 e. The van der Waals surface area contributed by atoms with Crippen LogP contribution in [0.1, 0.15) is 58.9 Å². The van der Waals surface area contributed by atoms with Crippen molar-refractivity contribution in [2.75, 3.05) is 6.61 Å². The number of carbonyl (C=O) groups excluding carboxylic acids is 2. The number of hydrogen-bond donors (Lipinski definition) is 2. The molecule has 186 valence electrons. The van der Waals surface area contributed by atoms with E-state index < -0.39 is 45.2 Å². The molecule has 2 N–H and O–H groups in total. The molecule has 5 atom stereocenters. The van der Waals surface area contributed by atoms with Crippen molar-refractivity contribution < 1.29 is 32.0 Å². The van der Waals surface area contributed by atoms with Crippen LogP contribution in [0.15, 0.2) is 41.3 Å². The lowest BCUT2D eigenvalue weighted by atomic mass is 9.64. The molecule has 8 nitrogen and oxygen atoms in total. The molecule has 0 saturated carbocycles. The van der Waals surface area contributed by atoms with Crippen LogP contribution >= 0.6 is 0 Å². The Bertz CT molecular complexity index is 1110. The van der Waals surface area contributed by atoms with Crippen LogP contribution in [0.25, 0.3) is 0 Å². The normalized spacial score (nSPS) is 31.9. The lowest BCUT2D eigenvalue weighted by molar-refractivity contribution is -0.238. The van der Waals surface area contributed by atoms with E-state index in [1.165, 1.54) is 12.1 Å². The number of allylic oxidation sites excluding steroid dienone is 1. The van der Waals surface area contributed by atoms with E-state index in [0.29, 0.717) is 6.42 Å². The number of rotatable bonds is 7. The first-order valence-electron chi connectivity index (χ1n) is 11.7. The highest BCUT2D eigenvalue weighted by atomic mass is 32.2. The monoisotopic (exact) mass is 491 g/mol. The van der Waals surface area contributed by atoms with E-state index in [9.17, 15) is 23.1 Å².